The van der Waals surface area contributed by atoms with Crippen LogP contribution in [0, 0.1) is 41.0 Å². The Balaban J connectivity index is 1.44. The largest absolute Gasteiger partial charge is 0.206 e. The van der Waals surface area contributed by atoms with Gasteiger partial charge in [0.1, 0.15) is 5.82 Å². The monoisotopic (exact) mass is 430 g/mol. The summed E-state index contributed by atoms with van der Waals surface area (Å²) < 4.78 is 55.7. The Kier molecular flexibility index (Phi) is 6.83. The lowest BCUT2D eigenvalue weighted by Gasteiger charge is -2.42. The average molecular weight is 431 g/mol. The smallest absolute Gasteiger partial charge is 0.195 e. The van der Waals surface area contributed by atoms with Gasteiger partial charge < -0.3 is 0 Å². The Morgan fingerprint density at radius 1 is 0.806 bits per heavy atom. The maximum absolute atomic E-state index is 14.8. The molecule has 2 aromatic rings. The van der Waals surface area contributed by atoms with Gasteiger partial charge in [0.05, 0.1) is 0 Å². The molecular formula is C27H30F4. The number of hydrogen-bond donors (Lipinski definition) is 0. The molecule has 2 fully saturated rings. The summed E-state index contributed by atoms with van der Waals surface area (Å²) in [6.45, 7) is 2.07. The van der Waals surface area contributed by atoms with Crippen molar-refractivity contribution in [3.05, 3.63) is 71.3 Å². The van der Waals surface area contributed by atoms with Crippen molar-refractivity contribution in [3.63, 3.8) is 0 Å². The lowest BCUT2D eigenvalue weighted by atomic mass is 9.63. The fourth-order valence-corrected chi connectivity index (χ4v) is 5.79. The van der Waals surface area contributed by atoms with E-state index < -0.39 is 23.3 Å². The fourth-order valence-electron chi connectivity index (χ4n) is 5.79. The van der Waals surface area contributed by atoms with Crippen molar-refractivity contribution in [3.8, 4) is 11.1 Å². The summed E-state index contributed by atoms with van der Waals surface area (Å²) in [5.74, 6) is -2.16. The van der Waals surface area contributed by atoms with Gasteiger partial charge >= 0.3 is 0 Å². The van der Waals surface area contributed by atoms with Crippen molar-refractivity contribution in [2.45, 2.75) is 64.2 Å². The predicted octanol–water partition coefficient (Wildman–Crippen LogP) is 8.57. The third kappa shape index (κ3) is 4.73. The second-order valence-corrected chi connectivity index (χ2v) is 9.32. The van der Waals surface area contributed by atoms with Crippen LogP contribution in [0.4, 0.5) is 17.6 Å². The molecule has 0 bridgehead atoms. The molecule has 4 atom stereocenters. The number of allylic oxidation sites excluding steroid dienone is 2. The van der Waals surface area contributed by atoms with Crippen molar-refractivity contribution in [2.24, 2.45) is 17.8 Å². The molecule has 4 unspecified atom stereocenters. The van der Waals surface area contributed by atoms with E-state index in [0.29, 0.717) is 11.8 Å². The van der Waals surface area contributed by atoms with E-state index in [1.165, 1.54) is 50.7 Å². The number of halogens is 4. The Morgan fingerprint density at radius 3 is 2.32 bits per heavy atom. The number of benzene rings is 2. The highest BCUT2D eigenvalue weighted by Gasteiger charge is 2.36. The maximum atomic E-state index is 14.8. The molecule has 2 saturated carbocycles. The van der Waals surface area contributed by atoms with Crippen LogP contribution >= 0.6 is 0 Å². The van der Waals surface area contributed by atoms with Crippen molar-refractivity contribution in [1.82, 2.24) is 0 Å². The van der Waals surface area contributed by atoms with E-state index >= 15 is 0 Å². The first-order valence-corrected chi connectivity index (χ1v) is 11.5. The van der Waals surface area contributed by atoms with Gasteiger partial charge in [-0.25, -0.2) is 17.6 Å². The molecule has 0 nitrogen and oxygen atoms in total. The molecule has 2 aliphatic carbocycles. The minimum atomic E-state index is -1.57. The van der Waals surface area contributed by atoms with Gasteiger partial charge in [0, 0.05) is 11.1 Å². The summed E-state index contributed by atoms with van der Waals surface area (Å²) in [7, 11) is 0. The van der Waals surface area contributed by atoms with Crippen molar-refractivity contribution in [1.29, 1.82) is 0 Å². The first kappa shape index (κ1) is 22.1. The van der Waals surface area contributed by atoms with Crippen molar-refractivity contribution < 1.29 is 17.6 Å². The van der Waals surface area contributed by atoms with Crippen LogP contribution in [0.2, 0.25) is 0 Å². The quantitative estimate of drug-likeness (QED) is 0.253. The van der Waals surface area contributed by atoms with Gasteiger partial charge in [-0.15, -0.1) is 0 Å². The maximum Gasteiger partial charge on any atom is 0.195 e. The van der Waals surface area contributed by atoms with Crippen molar-refractivity contribution in [2.75, 3.05) is 0 Å². The van der Waals surface area contributed by atoms with Gasteiger partial charge in [0.2, 0.25) is 0 Å². The highest BCUT2D eigenvalue weighted by atomic mass is 19.2. The van der Waals surface area contributed by atoms with Gasteiger partial charge in [-0.3, -0.25) is 0 Å². The standard InChI is InChI=1S/C27H30F4/c1-2-3-4-5-17-6-7-19-15-20(9-8-18(19)14-17)21-10-11-22(25(29)16-21)23-12-13-24(28)27(31)26(23)30/h2-3,10-13,16-20H,4-9,14-15H2,1H3/b3-2+. The van der Waals surface area contributed by atoms with E-state index in [4.69, 9.17) is 0 Å². The molecule has 166 valence electrons. The molecule has 0 radical (unpaired) electrons. The Hall–Kier alpha value is -2.10. The molecule has 2 aliphatic rings. The number of fused-ring (bicyclic) bond motifs is 1. The SMILES string of the molecule is C/C=C/CCC1CCC2CC(c3ccc(-c4ccc(F)c(F)c4F)c(F)c3)CCC2C1. The van der Waals surface area contributed by atoms with E-state index in [2.05, 4.69) is 19.1 Å². The van der Waals surface area contributed by atoms with Crippen LogP contribution < -0.4 is 0 Å². The normalized spacial score (nSPS) is 26.2. The van der Waals surface area contributed by atoms with Gasteiger partial charge in [-0.1, -0.05) is 30.7 Å². The van der Waals surface area contributed by atoms with E-state index in [-0.39, 0.29) is 11.1 Å². The molecule has 4 heteroatoms. The van der Waals surface area contributed by atoms with E-state index in [9.17, 15) is 17.6 Å². The van der Waals surface area contributed by atoms with Gasteiger partial charge in [0.25, 0.3) is 0 Å². The summed E-state index contributed by atoms with van der Waals surface area (Å²) >= 11 is 0. The summed E-state index contributed by atoms with van der Waals surface area (Å²) in [4.78, 5) is 0. The van der Waals surface area contributed by atoms with Crippen molar-refractivity contribution >= 4 is 0 Å². The number of rotatable bonds is 5. The minimum absolute atomic E-state index is 0.0320. The Bertz CT molecular complexity index is 948. The summed E-state index contributed by atoms with van der Waals surface area (Å²) in [6, 6.07) is 6.71. The molecule has 2 aromatic carbocycles. The van der Waals surface area contributed by atoms with Crippen LogP contribution in [0.15, 0.2) is 42.5 Å². The van der Waals surface area contributed by atoms with E-state index in [1.807, 2.05) is 6.07 Å². The molecule has 0 spiro atoms. The van der Waals surface area contributed by atoms with Gasteiger partial charge in [0.15, 0.2) is 17.5 Å². The molecule has 0 amide bonds. The first-order chi connectivity index (χ1) is 15.0. The lowest BCUT2D eigenvalue weighted by molar-refractivity contribution is 0.115. The van der Waals surface area contributed by atoms with Crippen LogP contribution in [0.25, 0.3) is 11.1 Å². The molecule has 4 rings (SSSR count). The molecule has 0 heterocycles. The second-order valence-electron chi connectivity index (χ2n) is 9.32. The van der Waals surface area contributed by atoms with Crippen LogP contribution in [0.1, 0.15) is 69.8 Å². The average Bonchev–Trinajstić information content (AvgIpc) is 2.78. The predicted molar refractivity (Wildman–Crippen MR) is 117 cm³/mol. The Labute approximate surface area is 182 Å². The molecule has 0 aliphatic heterocycles. The zero-order valence-electron chi connectivity index (χ0n) is 18.0. The van der Waals surface area contributed by atoms with Gasteiger partial charge in [-0.05, 0) is 99.3 Å². The second kappa shape index (κ2) is 9.58. The van der Waals surface area contributed by atoms with Crippen LogP contribution in [-0.4, -0.2) is 0 Å². The first-order valence-electron chi connectivity index (χ1n) is 11.5. The summed E-state index contributed by atoms with van der Waals surface area (Å²) in [6.07, 6.45) is 14.0. The van der Waals surface area contributed by atoms with Crippen LogP contribution in [0.5, 0.6) is 0 Å². The van der Waals surface area contributed by atoms with E-state index in [1.54, 1.807) is 0 Å². The van der Waals surface area contributed by atoms with Gasteiger partial charge in [-0.2, -0.15) is 0 Å². The lowest BCUT2D eigenvalue weighted by Crippen LogP contribution is -2.30. The third-order valence-electron chi connectivity index (χ3n) is 7.49. The zero-order valence-corrected chi connectivity index (χ0v) is 18.0. The highest BCUT2D eigenvalue weighted by Crippen LogP contribution is 2.48. The molecule has 0 aromatic heterocycles. The molecule has 0 saturated heterocycles. The molecule has 31 heavy (non-hydrogen) atoms. The zero-order chi connectivity index (χ0) is 22.0. The molecular weight excluding hydrogens is 400 g/mol. The topological polar surface area (TPSA) is 0 Å². The summed E-state index contributed by atoms with van der Waals surface area (Å²) in [5.41, 5.74) is 0.649. The van der Waals surface area contributed by atoms with Crippen LogP contribution in [-0.2, 0) is 0 Å². The minimum Gasteiger partial charge on any atom is -0.206 e. The Morgan fingerprint density at radius 2 is 1.55 bits per heavy atom. The highest BCUT2D eigenvalue weighted by molar-refractivity contribution is 5.65. The fraction of sp³-hybridized carbons (Fsp3) is 0.481. The number of hydrogen-bond acceptors (Lipinski definition) is 0. The van der Waals surface area contributed by atoms with Crippen LogP contribution in [0.3, 0.4) is 0 Å². The summed E-state index contributed by atoms with van der Waals surface area (Å²) in [5, 5.41) is 0. The van der Waals surface area contributed by atoms with E-state index in [0.717, 1.165) is 42.4 Å². The third-order valence-corrected chi connectivity index (χ3v) is 7.49. The molecule has 0 N–H and O–H groups in total.